The molecule has 0 spiro atoms. The van der Waals surface area contributed by atoms with Crippen LogP contribution in [0, 0.1) is 5.92 Å². The second-order valence-corrected chi connectivity index (χ2v) is 4.48. The Hall–Kier alpha value is -0.160. The molecule has 0 aromatic rings. The van der Waals surface area contributed by atoms with E-state index in [1.54, 1.807) is 0 Å². The molecule has 2 aliphatic rings. The van der Waals surface area contributed by atoms with Gasteiger partial charge < -0.3 is 20.5 Å². The zero-order chi connectivity index (χ0) is 10.0. The van der Waals surface area contributed by atoms with Gasteiger partial charge in [-0.25, -0.2) is 0 Å². The molecule has 82 valence electrons. The maximum atomic E-state index is 5.78. The summed E-state index contributed by atoms with van der Waals surface area (Å²) in [6, 6.07) is 0. The number of nitrogens with two attached hydrogens (primary N) is 1. The van der Waals surface area contributed by atoms with Crippen molar-refractivity contribution in [3.63, 3.8) is 0 Å². The van der Waals surface area contributed by atoms with E-state index in [1.165, 1.54) is 6.42 Å². The summed E-state index contributed by atoms with van der Waals surface area (Å²) in [5.74, 6) is 0.303. The Morgan fingerprint density at radius 1 is 1.57 bits per heavy atom. The molecule has 2 fully saturated rings. The van der Waals surface area contributed by atoms with Gasteiger partial charge in [0.25, 0.3) is 0 Å². The highest BCUT2D eigenvalue weighted by atomic mass is 16.7. The molecule has 2 aliphatic heterocycles. The molecular weight excluding hydrogens is 180 g/mol. The monoisotopic (exact) mass is 200 g/mol. The minimum Gasteiger partial charge on any atom is -0.347 e. The molecule has 0 aliphatic carbocycles. The molecule has 2 saturated heterocycles. The van der Waals surface area contributed by atoms with Crippen molar-refractivity contribution < 1.29 is 9.47 Å². The van der Waals surface area contributed by atoms with Crippen LogP contribution in [-0.4, -0.2) is 38.1 Å². The quantitative estimate of drug-likeness (QED) is 0.677. The smallest absolute Gasteiger partial charge is 0.166 e. The highest BCUT2D eigenvalue weighted by molar-refractivity contribution is 4.82. The van der Waals surface area contributed by atoms with Crippen molar-refractivity contribution in [1.29, 1.82) is 0 Å². The third kappa shape index (κ3) is 2.25. The van der Waals surface area contributed by atoms with E-state index in [1.807, 2.05) is 6.92 Å². The van der Waals surface area contributed by atoms with Gasteiger partial charge in [-0.15, -0.1) is 0 Å². The SMILES string of the molecule is CC1(CC2CCNC2)OCC(CN)O1. The van der Waals surface area contributed by atoms with Crippen LogP contribution in [0.3, 0.4) is 0 Å². The lowest BCUT2D eigenvalue weighted by Gasteiger charge is -2.26. The summed E-state index contributed by atoms with van der Waals surface area (Å²) in [5, 5.41) is 3.35. The van der Waals surface area contributed by atoms with E-state index in [-0.39, 0.29) is 11.9 Å². The van der Waals surface area contributed by atoms with Crippen molar-refractivity contribution in [2.24, 2.45) is 11.7 Å². The average Bonchev–Trinajstić information content (AvgIpc) is 2.76. The topological polar surface area (TPSA) is 56.5 Å². The molecule has 0 radical (unpaired) electrons. The van der Waals surface area contributed by atoms with Gasteiger partial charge in [-0.1, -0.05) is 0 Å². The summed E-state index contributed by atoms with van der Waals surface area (Å²) >= 11 is 0. The number of ether oxygens (including phenoxy) is 2. The Morgan fingerprint density at radius 3 is 3.00 bits per heavy atom. The summed E-state index contributed by atoms with van der Waals surface area (Å²) < 4.78 is 11.5. The zero-order valence-corrected chi connectivity index (χ0v) is 8.79. The summed E-state index contributed by atoms with van der Waals surface area (Å²) in [5.41, 5.74) is 5.55. The van der Waals surface area contributed by atoms with Gasteiger partial charge in [0.05, 0.1) is 12.7 Å². The van der Waals surface area contributed by atoms with Gasteiger partial charge in [0.1, 0.15) is 0 Å². The van der Waals surface area contributed by atoms with E-state index < -0.39 is 0 Å². The molecule has 0 saturated carbocycles. The van der Waals surface area contributed by atoms with Crippen LogP contribution in [0.2, 0.25) is 0 Å². The fourth-order valence-electron chi connectivity index (χ4n) is 2.33. The Bertz CT molecular complexity index is 195. The van der Waals surface area contributed by atoms with E-state index >= 15 is 0 Å². The van der Waals surface area contributed by atoms with Crippen LogP contribution in [0.15, 0.2) is 0 Å². The zero-order valence-electron chi connectivity index (χ0n) is 8.79. The van der Waals surface area contributed by atoms with Crippen molar-refractivity contribution >= 4 is 0 Å². The number of hydrogen-bond acceptors (Lipinski definition) is 4. The Labute approximate surface area is 85.1 Å². The Morgan fingerprint density at radius 2 is 2.43 bits per heavy atom. The highest BCUT2D eigenvalue weighted by Crippen LogP contribution is 2.31. The maximum absolute atomic E-state index is 5.78. The highest BCUT2D eigenvalue weighted by Gasteiger charge is 2.38. The van der Waals surface area contributed by atoms with Gasteiger partial charge in [0.15, 0.2) is 5.79 Å². The lowest BCUT2D eigenvalue weighted by Crippen LogP contribution is -2.32. The van der Waals surface area contributed by atoms with Gasteiger partial charge in [0, 0.05) is 13.0 Å². The minimum absolute atomic E-state index is 0.0920. The first kappa shape index (κ1) is 10.4. The fraction of sp³-hybridized carbons (Fsp3) is 1.00. The lowest BCUT2D eigenvalue weighted by atomic mass is 9.99. The maximum Gasteiger partial charge on any atom is 0.166 e. The predicted octanol–water partition coefficient (Wildman–Crippen LogP) is 0.0763. The minimum atomic E-state index is -0.388. The standard InChI is InChI=1S/C10H20N2O2/c1-10(4-8-2-3-12-6-8)13-7-9(5-11)14-10/h8-9,12H,2-7,11H2,1H3. The predicted molar refractivity (Wildman–Crippen MR) is 53.9 cm³/mol. The van der Waals surface area contributed by atoms with Crippen LogP contribution in [-0.2, 0) is 9.47 Å². The van der Waals surface area contributed by atoms with Crippen molar-refractivity contribution in [2.45, 2.75) is 31.7 Å². The molecule has 4 nitrogen and oxygen atoms in total. The fourth-order valence-corrected chi connectivity index (χ4v) is 2.33. The number of nitrogens with one attached hydrogen (secondary N) is 1. The van der Waals surface area contributed by atoms with Crippen LogP contribution in [0.1, 0.15) is 19.8 Å². The van der Waals surface area contributed by atoms with Crippen molar-refractivity contribution in [2.75, 3.05) is 26.2 Å². The molecule has 4 heteroatoms. The molecule has 0 amide bonds. The first-order valence-electron chi connectivity index (χ1n) is 5.44. The molecule has 0 bridgehead atoms. The van der Waals surface area contributed by atoms with Gasteiger partial charge in [0.2, 0.25) is 0 Å². The van der Waals surface area contributed by atoms with Gasteiger partial charge in [-0.3, -0.25) is 0 Å². The van der Waals surface area contributed by atoms with Crippen LogP contribution >= 0.6 is 0 Å². The van der Waals surface area contributed by atoms with Crippen LogP contribution in [0.4, 0.5) is 0 Å². The van der Waals surface area contributed by atoms with Gasteiger partial charge in [-0.05, 0) is 32.4 Å². The van der Waals surface area contributed by atoms with Crippen molar-refractivity contribution in [1.82, 2.24) is 5.32 Å². The summed E-state index contributed by atoms with van der Waals surface area (Å²) in [7, 11) is 0. The van der Waals surface area contributed by atoms with Crippen LogP contribution in [0.5, 0.6) is 0 Å². The molecule has 14 heavy (non-hydrogen) atoms. The van der Waals surface area contributed by atoms with E-state index in [9.17, 15) is 0 Å². The van der Waals surface area contributed by atoms with Gasteiger partial charge in [-0.2, -0.15) is 0 Å². The molecule has 2 heterocycles. The number of hydrogen-bond donors (Lipinski definition) is 2. The normalized spacial score (nSPS) is 43.3. The second kappa shape index (κ2) is 4.14. The first-order chi connectivity index (χ1) is 6.72. The largest absolute Gasteiger partial charge is 0.347 e. The Balaban J connectivity index is 1.83. The molecule has 3 unspecified atom stereocenters. The summed E-state index contributed by atoms with van der Waals surface area (Å²) in [6.45, 7) is 5.45. The first-order valence-corrected chi connectivity index (χ1v) is 5.44. The average molecular weight is 200 g/mol. The second-order valence-electron chi connectivity index (χ2n) is 4.48. The van der Waals surface area contributed by atoms with Gasteiger partial charge >= 0.3 is 0 Å². The van der Waals surface area contributed by atoms with E-state index in [2.05, 4.69) is 5.32 Å². The molecule has 0 aromatic heterocycles. The Kier molecular flexibility index (Phi) is 3.07. The van der Waals surface area contributed by atoms with Crippen molar-refractivity contribution in [3.05, 3.63) is 0 Å². The van der Waals surface area contributed by atoms with Crippen LogP contribution < -0.4 is 11.1 Å². The third-order valence-corrected chi connectivity index (χ3v) is 3.08. The molecule has 0 aromatic carbocycles. The van der Waals surface area contributed by atoms with Crippen molar-refractivity contribution in [3.8, 4) is 0 Å². The lowest BCUT2D eigenvalue weighted by molar-refractivity contribution is -0.164. The molecule has 3 atom stereocenters. The molecule has 2 rings (SSSR count). The molecular formula is C10H20N2O2. The third-order valence-electron chi connectivity index (χ3n) is 3.08. The van der Waals surface area contributed by atoms with E-state index in [0.29, 0.717) is 19.1 Å². The van der Waals surface area contributed by atoms with E-state index in [0.717, 1.165) is 19.5 Å². The number of rotatable bonds is 3. The van der Waals surface area contributed by atoms with Crippen LogP contribution in [0.25, 0.3) is 0 Å². The summed E-state index contributed by atoms with van der Waals surface area (Å²) in [6.07, 6.45) is 2.31. The molecule has 3 N–H and O–H groups in total. The summed E-state index contributed by atoms with van der Waals surface area (Å²) in [4.78, 5) is 0. The van der Waals surface area contributed by atoms with E-state index in [4.69, 9.17) is 15.2 Å².